The number of methoxy groups -OCH3 is 1. The van der Waals surface area contributed by atoms with Crippen molar-refractivity contribution in [1.29, 1.82) is 0 Å². The third-order valence-electron chi connectivity index (χ3n) is 3.82. The molecule has 0 radical (unpaired) electrons. The molecule has 0 aliphatic carbocycles. The molecule has 1 aliphatic rings. The second-order valence-electron chi connectivity index (χ2n) is 5.34. The molecule has 0 saturated heterocycles. The first kappa shape index (κ1) is 14.9. The Bertz CT molecular complexity index is 460. The van der Waals surface area contributed by atoms with Crippen LogP contribution in [0.15, 0.2) is 18.2 Å². The van der Waals surface area contributed by atoms with Crippen LogP contribution < -0.4 is 10.6 Å². The first-order chi connectivity index (χ1) is 9.70. The minimum Gasteiger partial charge on any atom is -0.385 e. The number of ether oxygens (including phenoxy) is 1. The minimum atomic E-state index is 0.0855. The highest BCUT2D eigenvalue weighted by Gasteiger charge is 2.13. The molecular weight excluding hydrogens is 252 g/mol. The summed E-state index contributed by atoms with van der Waals surface area (Å²) >= 11 is 0. The summed E-state index contributed by atoms with van der Waals surface area (Å²) in [5.41, 5.74) is 3.75. The van der Waals surface area contributed by atoms with Crippen LogP contribution in [0.2, 0.25) is 0 Å². The number of rotatable bonds is 6. The molecule has 2 N–H and O–H groups in total. The lowest BCUT2D eigenvalue weighted by molar-refractivity contribution is -0.121. The van der Waals surface area contributed by atoms with E-state index in [-0.39, 0.29) is 12.0 Å². The summed E-state index contributed by atoms with van der Waals surface area (Å²) in [6, 6.07) is 6.31. The zero-order chi connectivity index (χ0) is 14.4. The highest BCUT2D eigenvalue weighted by Crippen LogP contribution is 2.25. The fourth-order valence-electron chi connectivity index (χ4n) is 2.46. The largest absolute Gasteiger partial charge is 0.385 e. The van der Waals surface area contributed by atoms with Crippen molar-refractivity contribution in [2.75, 3.05) is 19.0 Å². The summed E-state index contributed by atoms with van der Waals surface area (Å²) in [7, 11) is 1.67. The third-order valence-corrected chi connectivity index (χ3v) is 3.82. The number of benzene rings is 1. The Morgan fingerprint density at radius 2 is 2.35 bits per heavy atom. The lowest BCUT2D eigenvalue weighted by atomic mass is 9.99. The molecule has 1 amide bonds. The molecule has 1 unspecified atom stereocenters. The van der Waals surface area contributed by atoms with Gasteiger partial charge in [0.1, 0.15) is 0 Å². The Kier molecular flexibility index (Phi) is 5.41. The van der Waals surface area contributed by atoms with Gasteiger partial charge < -0.3 is 15.4 Å². The zero-order valence-corrected chi connectivity index (χ0v) is 12.4. The molecule has 2 rings (SSSR count). The summed E-state index contributed by atoms with van der Waals surface area (Å²) in [5.74, 6) is 0.0855. The maximum Gasteiger partial charge on any atom is 0.220 e. The minimum absolute atomic E-state index is 0.0855. The van der Waals surface area contributed by atoms with E-state index in [4.69, 9.17) is 4.74 Å². The zero-order valence-electron chi connectivity index (χ0n) is 12.4. The molecule has 4 nitrogen and oxygen atoms in total. The Balaban J connectivity index is 1.86. The van der Waals surface area contributed by atoms with Gasteiger partial charge >= 0.3 is 0 Å². The smallest absolute Gasteiger partial charge is 0.220 e. The topological polar surface area (TPSA) is 50.4 Å². The number of carbonyl (C=O) groups excluding carboxylic acids is 1. The average Bonchev–Trinajstić information content (AvgIpc) is 2.50. The Morgan fingerprint density at radius 3 is 3.15 bits per heavy atom. The summed E-state index contributed by atoms with van der Waals surface area (Å²) in [4.78, 5) is 11.8. The van der Waals surface area contributed by atoms with Crippen LogP contribution in [0, 0.1) is 0 Å². The van der Waals surface area contributed by atoms with Crippen molar-refractivity contribution in [2.45, 2.75) is 45.3 Å². The van der Waals surface area contributed by atoms with E-state index in [2.05, 4.69) is 28.8 Å². The van der Waals surface area contributed by atoms with Gasteiger partial charge in [-0.3, -0.25) is 4.79 Å². The number of nitrogens with one attached hydrogen (secondary N) is 2. The van der Waals surface area contributed by atoms with Gasteiger partial charge in [-0.25, -0.2) is 0 Å². The van der Waals surface area contributed by atoms with Gasteiger partial charge in [0.2, 0.25) is 5.91 Å². The molecule has 1 atom stereocenters. The molecule has 0 aromatic heterocycles. The Labute approximate surface area is 120 Å². The summed E-state index contributed by atoms with van der Waals surface area (Å²) in [6.45, 7) is 3.59. The molecule has 20 heavy (non-hydrogen) atoms. The van der Waals surface area contributed by atoms with Crippen molar-refractivity contribution in [3.63, 3.8) is 0 Å². The standard InChI is InChI=1S/C16H24N2O2/c1-12(20-2)8-9-15(19)18-11-14-6-3-5-13-7-4-10-17-16(13)14/h3,5-6,12,17H,4,7-11H2,1-2H3,(H,18,19). The van der Waals surface area contributed by atoms with Crippen molar-refractivity contribution in [3.8, 4) is 0 Å². The molecule has 0 saturated carbocycles. The highest BCUT2D eigenvalue weighted by atomic mass is 16.5. The second kappa shape index (κ2) is 7.29. The normalized spacial score (nSPS) is 15.1. The Hall–Kier alpha value is -1.55. The van der Waals surface area contributed by atoms with E-state index in [9.17, 15) is 4.79 Å². The van der Waals surface area contributed by atoms with Crippen LogP contribution in [0.25, 0.3) is 0 Å². The predicted octanol–water partition coefficient (Wildman–Crippen LogP) is 2.48. The lowest BCUT2D eigenvalue weighted by Crippen LogP contribution is -2.25. The number of hydrogen-bond acceptors (Lipinski definition) is 3. The van der Waals surface area contributed by atoms with Crippen LogP contribution in [-0.2, 0) is 22.5 Å². The number of aryl methyl sites for hydroxylation is 1. The van der Waals surface area contributed by atoms with Crippen molar-refractivity contribution in [1.82, 2.24) is 5.32 Å². The highest BCUT2D eigenvalue weighted by molar-refractivity contribution is 5.76. The SMILES string of the molecule is COC(C)CCC(=O)NCc1cccc2c1NCCC2. The van der Waals surface area contributed by atoms with E-state index < -0.39 is 0 Å². The number of para-hydroxylation sites is 1. The van der Waals surface area contributed by atoms with E-state index in [1.807, 2.05) is 6.92 Å². The maximum absolute atomic E-state index is 11.8. The van der Waals surface area contributed by atoms with Crippen molar-refractivity contribution < 1.29 is 9.53 Å². The van der Waals surface area contributed by atoms with Crippen LogP contribution in [0.5, 0.6) is 0 Å². The monoisotopic (exact) mass is 276 g/mol. The predicted molar refractivity (Wildman–Crippen MR) is 80.8 cm³/mol. The van der Waals surface area contributed by atoms with E-state index in [1.54, 1.807) is 7.11 Å². The van der Waals surface area contributed by atoms with Gasteiger partial charge in [0.15, 0.2) is 0 Å². The number of anilines is 1. The molecule has 0 fully saturated rings. The van der Waals surface area contributed by atoms with Crippen molar-refractivity contribution in [2.24, 2.45) is 0 Å². The van der Waals surface area contributed by atoms with Gasteiger partial charge in [0, 0.05) is 32.3 Å². The number of carbonyl (C=O) groups is 1. The van der Waals surface area contributed by atoms with Crippen LogP contribution in [0.3, 0.4) is 0 Å². The van der Waals surface area contributed by atoms with E-state index in [0.29, 0.717) is 13.0 Å². The van der Waals surface area contributed by atoms with E-state index in [1.165, 1.54) is 23.2 Å². The fraction of sp³-hybridized carbons (Fsp3) is 0.562. The summed E-state index contributed by atoms with van der Waals surface area (Å²) in [6.07, 6.45) is 3.70. The molecule has 1 aromatic rings. The lowest BCUT2D eigenvalue weighted by Gasteiger charge is -2.21. The number of amides is 1. The number of hydrogen-bond donors (Lipinski definition) is 2. The van der Waals surface area contributed by atoms with Gasteiger partial charge in [0.05, 0.1) is 6.10 Å². The third kappa shape index (κ3) is 3.97. The summed E-state index contributed by atoms with van der Waals surface area (Å²) < 4.78 is 5.15. The van der Waals surface area contributed by atoms with Crippen LogP contribution in [0.1, 0.15) is 37.3 Å². The molecule has 1 aromatic carbocycles. The summed E-state index contributed by atoms with van der Waals surface area (Å²) in [5, 5.41) is 6.44. The van der Waals surface area contributed by atoms with E-state index >= 15 is 0 Å². The van der Waals surface area contributed by atoms with Crippen molar-refractivity contribution >= 4 is 11.6 Å². The van der Waals surface area contributed by atoms with Gasteiger partial charge in [0.25, 0.3) is 0 Å². The molecular formula is C16H24N2O2. The number of fused-ring (bicyclic) bond motifs is 1. The first-order valence-electron chi connectivity index (χ1n) is 7.35. The molecule has 0 spiro atoms. The van der Waals surface area contributed by atoms with Crippen molar-refractivity contribution in [3.05, 3.63) is 29.3 Å². The Morgan fingerprint density at radius 1 is 1.50 bits per heavy atom. The maximum atomic E-state index is 11.8. The van der Waals surface area contributed by atoms with Gasteiger partial charge in [-0.2, -0.15) is 0 Å². The average molecular weight is 276 g/mol. The molecule has 0 bridgehead atoms. The van der Waals surface area contributed by atoms with Crippen LogP contribution in [0.4, 0.5) is 5.69 Å². The quantitative estimate of drug-likeness (QED) is 0.839. The second-order valence-corrected chi connectivity index (χ2v) is 5.34. The van der Waals surface area contributed by atoms with Gasteiger partial charge in [-0.15, -0.1) is 0 Å². The molecule has 1 heterocycles. The van der Waals surface area contributed by atoms with Gasteiger partial charge in [-0.05, 0) is 37.3 Å². The molecule has 1 aliphatic heterocycles. The van der Waals surface area contributed by atoms with Crippen LogP contribution >= 0.6 is 0 Å². The van der Waals surface area contributed by atoms with Crippen LogP contribution in [-0.4, -0.2) is 25.7 Å². The van der Waals surface area contributed by atoms with E-state index in [0.717, 1.165) is 19.4 Å². The first-order valence-corrected chi connectivity index (χ1v) is 7.35. The fourth-order valence-corrected chi connectivity index (χ4v) is 2.46. The van der Waals surface area contributed by atoms with Gasteiger partial charge in [-0.1, -0.05) is 18.2 Å². The molecule has 4 heteroatoms. The molecule has 110 valence electrons.